The SMILES string of the molecule is N#CC1=C(N)N(c2cc(C(F)(F)F)ccc2Cl)C2=C(C(=O)CCC2)C1c1ccc2c(c1)OCO2. The van der Waals surface area contributed by atoms with Crippen LogP contribution in [-0.2, 0) is 11.0 Å². The number of hydrogen-bond donors (Lipinski definition) is 1. The van der Waals surface area contributed by atoms with Gasteiger partial charge >= 0.3 is 6.18 Å². The van der Waals surface area contributed by atoms with Crippen molar-refractivity contribution in [1.82, 2.24) is 0 Å². The third-order valence-corrected chi connectivity index (χ3v) is 6.48. The molecule has 0 bridgehead atoms. The second kappa shape index (κ2) is 7.99. The van der Waals surface area contributed by atoms with E-state index in [1.165, 1.54) is 4.90 Å². The maximum absolute atomic E-state index is 13.4. The summed E-state index contributed by atoms with van der Waals surface area (Å²) in [5.74, 6) is -0.0427. The Bertz CT molecular complexity index is 1330. The number of Topliss-reactive ketones (excluding diaryl/α,β-unsaturated/α-hetero) is 1. The zero-order valence-electron chi connectivity index (χ0n) is 17.6. The molecule has 0 saturated carbocycles. The Morgan fingerprint density at radius 2 is 1.88 bits per heavy atom. The van der Waals surface area contributed by atoms with Gasteiger partial charge in [0, 0.05) is 17.7 Å². The number of allylic oxidation sites excluding steroid dienone is 3. The summed E-state index contributed by atoms with van der Waals surface area (Å²) >= 11 is 6.31. The number of nitriles is 1. The van der Waals surface area contributed by atoms with Crippen molar-refractivity contribution in [2.24, 2.45) is 5.73 Å². The Balaban J connectivity index is 1.73. The predicted molar refractivity (Wildman–Crippen MR) is 117 cm³/mol. The molecule has 0 amide bonds. The lowest BCUT2D eigenvalue weighted by Gasteiger charge is -2.40. The molecule has 2 aromatic rings. The topological polar surface area (TPSA) is 88.6 Å². The van der Waals surface area contributed by atoms with Crippen LogP contribution in [0.5, 0.6) is 11.5 Å². The van der Waals surface area contributed by atoms with Crippen LogP contribution in [0.2, 0.25) is 5.02 Å². The van der Waals surface area contributed by atoms with Crippen molar-refractivity contribution in [2.75, 3.05) is 11.7 Å². The zero-order valence-corrected chi connectivity index (χ0v) is 18.3. The number of nitrogens with zero attached hydrogens (tertiary/aromatic N) is 2. The first-order valence-electron chi connectivity index (χ1n) is 10.4. The van der Waals surface area contributed by atoms with E-state index >= 15 is 0 Å². The van der Waals surface area contributed by atoms with Gasteiger partial charge in [0.1, 0.15) is 5.82 Å². The Kier molecular flexibility index (Phi) is 5.21. The molecule has 0 radical (unpaired) electrons. The lowest BCUT2D eigenvalue weighted by molar-refractivity contribution is -0.137. The van der Waals surface area contributed by atoms with Crippen LogP contribution >= 0.6 is 11.6 Å². The van der Waals surface area contributed by atoms with Gasteiger partial charge in [0.05, 0.1) is 33.8 Å². The summed E-state index contributed by atoms with van der Waals surface area (Å²) in [4.78, 5) is 14.5. The van der Waals surface area contributed by atoms with Crippen molar-refractivity contribution in [2.45, 2.75) is 31.4 Å². The first kappa shape index (κ1) is 22.2. The van der Waals surface area contributed by atoms with E-state index in [0.29, 0.717) is 41.2 Å². The molecule has 1 unspecified atom stereocenters. The number of carbonyl (C=O) groups is 1. The number of rotatable bonds is 2. The van der Waals surface area contributed by atoms with Crippen molar-refractivity contribution in [1.29, 1.82) is 5.26 Å². The summed E-state index contributed by atoms with van der Waals surface area (Å²) in [7, 11) is 0. The molecule has 1 aliphatic carbocycles. The van der Waals surface area contributed by atoms with Gasteiger partial charge in [-0.25, -0.2) is 0 Å². The van der Waals surface area contributed by atoms with Crippen molar-refractivity contribution in [3.05, 3.63) is 75.2 Å². The predicted octanol–water partition coefficient (Wildman–Crippen LogP) is 5.39. The lowest BCUT2D eigenvalue weighted by atomic mass is 9.75. The zero-order chi connectivity index (χ0) is 24.2. The van der Waals surface area contributed by atoms with E-state index in [0.717, 1.165) is 18.2 Å². The summed E-state index contributed by atoms with van der Waals surface area (Å²) in [6, 6.07) is 10.1. The number of carbonyl (C=O) groups excluding carboxylic acids is 1. The van der Waals surface area contributed by atoms with Gasteiger partial charge in [-0.2, -0.15) is 18.4 Å². The molecule has 1 atom stereocenters. The fourth-order valence-electron chi connectivity index (χ4n) is 4.65. The fourth-order valence-corrected chi connectivity index (χ4v) is 4.85. The molecule has 0 saturated heterocycles. The molecule has 0 spiro atoms. The molecule has 2 N–H and O–H groups in total. The molecule has 6 nitrogen and oxygen atoms in total. The van der Waals surface area contributed by atoms with Gasteiger partial charge in [-0.3, -0.25) is 9.69 Å². The van der Waals surface area contributed by atoms with Crippen LogP contribution in [0, 0.1) is 11.3 Å². The first-order chi connectivity index (χ1) is 16.2. The van der Waals surface area contributed by atoms with E-state index in [1.54, 1.807) is 18.2 Å². The van der Waals surface area contributed by atoms with Crippen LogP contribution in [0.3, 0.4) is 0 Å². The average Bonchev–Trinajstić information content (AvgIpc) is 3.26. The quantitative estimate of drug-likeness (QED) is 0.611. The number of alkyl halides is 3. The van der Waals surface area contributed by atoms with Crippen LogP contribution in [-0.4, -0.2) is 12.6 Å². The Morgan fingerprint density at radius 1 is 1.12 bits per heavy atom. The molecule has 2 aromatic carbocycles. The van der Waals surface area contributed by atoms with E-state index in [4.69, 9.17) is 26.8 Å². The standard InChI is InChI=1S/C24H17ClF3N3O3/c25-15-6-5-13(24(26,27)28)9-17(15)31-16-2-1-3-18(32)22(16)21(14(10-29)23(31)30)12-4-7-19-20(8-12)34-11-33-19/h4-9,21H,1-3,11,30H2. The van der Waals surface area contributed by atoms with Crippen molar-refractivity contribution in [3.63, 3.8) is 0 Å². The summed E-state index contributed by atoms with van der Waals surface area (Å²) < 4.78 is 51.2. The number of halogens is 4. The fraction of sp³-hybridized carbons (Fsp3) is 0.250. The molecule has 10 heteroatoms. The molecule has 0 fully saturated rings. The number of hydrogen-bond acceptors (Lipinski definition) is 6. The normalized spacial score (nSPS) is 19.9. The number of ketones is 1. The maximum atomic E-state index is 13.4. The minimum Gasteiger partial charge on any atom is -0.454 e. The van der Waals surface area contributed by atoms with Crippen LogP contribution in [0.4, 0.5) is 18.9 Å². The van der Waals surface area contributed by atoms with E-state index in [1.807, 2.05) is 0 Å². The smallest absolute Gasteiger partial charge is 0.416 e. The second-order valence-corrected chi connectivity index (χ2v) is 8.50. The van der Waals surface area contributed by atoms with Gasteiger partial charge in [-0.05, 0) is 48.7 Å². The first-order valence-corrected chi connectivity index (χ1v) is 10.8. The molecule has 174 valence electrons. The largest absolute Gasteiger partial charge is 0.454 e. The van der Waals surface area contributed by atoms with Crippen LogP contribution in [0.15, 0.2) is 59.1 Å². The third-order valence-electron chi connectivity index (χ3n) is 6.16. The molecule has 3 aliphatic rings. The maximum Gasteiger partial charge on any atom is 0.416 e. The van der Waals surface area contributed by atoms with Crippen molar-refractivity contribution < 1.29 is 27.4 Å². The summed E-state index contributed by atoms with van der Waals surface area (Å²) in [6.45, 7) is 0.0568. The van der Waals surface area contributed by atoms with E-state index < -0.39 is 17.7 Å². The van der Waals surface area contributed by atoms with Crippen LogP contribution in [0.25, 0.3) is 0 Å². The van der Waals surface area contributed by atoms with Gasteiger partial charge in [0.25, 0.3) is 0 Å². The number of anilines is 1. The second-order valence-electron chi connectivity index (χ2n) is 8.09. The van der Waals surface area contributed by atoms with Crippen LogP contribution < -0.4 is 20.1 Å². The third kappa shape index (κ3) is 3.46. The highest BCUT2D eigenvalue weighted by atomic mass is 35.5. The highest BCUT2D eigenvalue weighted by Gasteiger charge is 2.42. The summed E-state index contributed by atoms with van der Waals surface area (Å²) in [5, 5.41) is 10.1. The molecule has 2 heterocycles. The van der Waals surface area contributed by atoms with Gasteiger partial charge in [-0.1, -0.05) is 17.7 Å². The number of ether oxygens (including phenoxy) is 2. The van der Waals surface area contributed by atoms with Gasteiger partial charge < -0.3 is 15.2 Å². The number of benzene rings is 2. The Labute approximate surface area is 197 Å². The molecule has 5 rings (SSSR count). The molecule has 0 aromatic heterocycles. The van der Waals surface area contributed by atoms with E-state index in [-0.39, 0.29) is 41.1 Å². The summed E-state index contributed by atoms with van der Waals surface area (Å²) in [6.07, 6.45) is -3.48. The average molecular weight is 488 g/mol. The minimum absolute atomic E-state index is 0.0136. The van der Waals surface area contributed by atoms with Crippen molar-refractivity contribution in [3.8, 4) is 17.6 Å². The van der Waals surface area contributed by atoms with Crippen LogP contribution in [0.1, 0.15) is 36.3 Å². The highest BCUT2D eigenvalue weighted by Crippen LogP contribution is 2.49. The number of nitrogens with two attached hydrogens (primary N) is 1. The molecule has 34 heavy (non-hydrogen) atoms. The highest BCUT2D eigenvalue weighted by molar-refractivity contribution is 6.33. The van der Waals surface area contributed by atoms with Gasteiger partial charge in [-0.15, -0.1) is 0 Å². The molecule has 2 aliphatic heterocycles. The summed E-state index contributed by atoms with van der Waals surface area (Å²) in [5.41, 5.74) is 6.88. The Morgan fingerprint density at radius 3 is 2.62 bits per heavy atom. The van der Waals surface area contributed by atoms with Gasteiger partial charge in [0.2, 0.25) is 6.79 Å². The van der Waals surface area contributed by atoms with Crippen molar-refractivity contribution >= 4 is 23.1 Å². The number of fused-ring (bicyclic) bond motifs is 1. The monoisotopic (exact) mass is 487 g/mol. The van der Waals surface area contributed by atoms with Gasteiger partial charge in [0.15, 0.2) is 17.3 Å². The molecular formula is C24H17ClF3N3O3. The Hall–Kier alpha value is -3.64. The molecular weight excluding hydrogens is 471 g/mol. The van der Waals surface area contributed by atoms with E-state index in [9.17, 15) is 23.2 Å². The van der Waals surface area contributed by atoms with E-state index in [2.05, 4.69) is 6.07 Å². The lowest BCUT2D eigenvalue weighted by Crippen LogP contribution is -2.39. The minimum atomic E-state index is -4.61.